The quantitative estimate of drug-likeness (QED) is 0.594. The van der Waals surface area contributed by atoms with E-state index in [0.29, 0.717) is 11.5 Å². The Morgan fingerprint density at radius 1 is 1.21 bits per heavy atom. The van der Waals surface area contributed by atoms with Crippen LogP contribution in [0.15, 0.2) is 58.6 Å². The number of benzene rings is 1. The van der Waals surface area contributed by atoms with E-state index in [0.717, 1.165) is 22.4 Å². The largest absolute Gasteiger partial charge is 0.488 e. The summed E-state index contributed by atoms with van der Waals surface area (Å²) in [7, 11) is 0. The molecule has 146 valence electrons. The summed E-state index contributed by atoms with van der Waals surface area (Å²) in [5.74, 6) is 3.67. The number of rotatable bonds is 8. The Morgan fingerprint density at radius 2 is 1.96 bits per heavy atom. The zero-order chi connectivity index (χ0) is 19.9. The fourth-order valence-electron chi connectivity index (χ4n) is 2.94. The maximum atomic E-state index is 9.09. The molecule has 1 unspecified atom stereocenters. The molecular formula is C21H23N3O4. The van der Waals surface area contributed by atoms with Gasteiger partial charge in [-0.05, 0) is 36.8 Å². The van der Waals surface area contributed by atoms with Crippen molar-refractivity contribution in [3.63, 3.8) is 0 Å². The Balaban J connectivity index is 1.86. The Labute approximate surface area is 164 Å². The summed E-state index contributed by atoms with van der Waals surface area (Å²) in [6, 6.07) is 5.55. The minimum atomic E-state index is -0.193. The number of nitrogens with zero attached hydrogens (tertiary/aromatic N) is 2. The Kier molecular flexibility index (Phi) is 6.37. The molecule has 0 saturated carbocycles. The average molecular weight is 381 g/mol. The molecule has 1 heterocycles. The van der Waals surface area contributed by atoms with Crippen molar-refractivity contribution in [3.05, 3.63) is 64.8 Å². The molecule has 1 aliphatic carbocycles. The highest BCUT2D eigenvalue weighted by atomic mass is 16.5. The molecule has 0 radical (unpaired) electrons. The van der Waals surface area contributed by atoms with Crippen molar-refractivity contribution in [1.82, 2.24) is 5.01 Å². The third kappa shape index (κ3) is 4.19. The predicted octanol–water partition coefficient (Wildman–Crippen LogP) is 1.70. The van der Waals surface area contributed by atoms with Gasteiger partial charge in [0.1, 0.15) is 25.6 Å². The minimum absolute atomic E-state index is 0.107. The van der Waals surface area contributed by atoms with Crippen molar-refractivity contribution < 1.29 is 19.7 Å². The normalized spacial score (nSPS) is 17.7. The van der Waals surface area contributed by atoms with Crippen LogP contribution in [0.5, 0.6) is 0 Å². The number of anilines is 1. The van der Waals surface area contributed by atoms with Gasteiger partial charge in [-0.3, -0.25) is 10.4 Å². The van der Waals surface area contributed by atoms with Crippen molar-refractivity contribution in [1.29, 1.82) is 0 Å². The van der Waals surface area contributed by atoms with Crippen LogP contribution in [0.2, 0.25) is 0 Å². The van der Waals surface area contributed by atoms with E-state index < -0.39 is 0 Å². The van der Waals surface area contributed by atoms with Crippen LogP contribution in [0, 0.1) is 19.3 Å². The SMILES string of the molecule is C#Cc1cccc(NN2C=NC=C3C=C(OCCO)C(OCCO)=CC32)c1C. The van der Waals surface area contributed by atoms with Gasteiger partial charge in [0.2, 0.25) is 0 Å². The maximum Gasteiger partial charge on any atom is 0.161 e. The number of fused-ring (bicyclic) bond motifs is 1. The van der Waals surface area contributed by atoms with Gasteiger partial charge in [-0.15, -0.1) is 6.42 Å². The molecule has 7 heteroatoms. The molecule has 0 saturated heterocycles. The first-order valence-electron chi connectivity index (χ1n) is 8.93. The van der Waals surface area contributed by atoms with Gasteiger partial charge >= 0.3 is 0 Å². The van der Waals surface area contributed by atoms with Gasteiger partial charge in [0.25, 0.3) is 0 Å². The van der Waals surface area contributed by atoms with Crippen LogP contribution in [0.25, 0.3) is 0 Å². The molecule has 7 nitrogen and oxygen atoms in total. The highest BCUT2D eigenvalue weighted by Gasteiger charge is 2.28. The zero-order valence-corrected chi connectivity index (χ0v) is 15.6. The van der Waals surface area contributed by atoms with Gasteiger partial charge in [0, 0.05) is 17.3 Å². The van der Waals surface area contributed by atoms with Gasteiger partial charge in [-0.1, -0.05) is 12.0 Å². The minimum Gasteiger partial charge on any atom is -0.488 e. The van der Waals surface area contributed by atoms with Gasteiger partial charge < -0.3 is 19.7 Å². The molecule has 1 aromatic carbocycles. The number of hydrogen-bond donors (Lipinski definition) is 3. The summed E-state index contributed by atoms with van der Waals surface area (Å²) in [6.07, 6.45) is 12.7. The molecule has 3 rings (SSSR count). The van der Waals surface area contributed by atoms with Crippen LogP contribution in [0.3, 0.4) is 0 Å². The smallest absolute Gasteiger partial charge is 0.161 e. The first-order valence-corrected chi connectivity index (χ1v) is 8.93. The van der Waals surface area contributed by atoms with Crippen LogP contribution >= 0.6 is 0 Å². The van der Waals surface area contributed by atoms with E-state index in [1.165, 1.54) is 0 Å². The van der Waals surface area contributed by atoms with Gasteiger partial charge in [0.15, 0.2) is 11.5 Å². The molecule has 3 N–H and O–H groups in total. The van der Waals surface area contributed by atoms with E-state index in [2.05, 4.69) is 16.3 Å². The zero-order valence-electron chi connectivity index (χ0n) is 15.6. The molecule has 0 aromatic heterocycles. The number of nitrogens with one attached hydrogen (secondary N) is 1. The molecule has 0 amide bonds. The van der Waals surface area contributed by atoms with Gasteiger partial charge in [0.05, 0.1) is 18.9 Å². The summed E-state index contributed by atoms with van der Waals surface area (Å²) >= 11 is 0. The van der Waals surface area contributed by atoms with E-state index >= 15 is 0 Å². The van der Waals surface area contributed by atoms with Gasteiger partial charge in [-0.25, -0.2) is 4.99 Å². The van der Waals surface area contributed by atoms with E-state index in [-0.39, 0.29) is 32.5 Å². The Morgan fingerprint density at radius 3 is 2.68 bits per heavy atom. The van der Waals surface area contributed by atoms with Crippen molar-refractivity contribution in [2.75, 3.05) is 31.9 Å². The first-order chi connectivity index (χ1) is 13.7. The summed E-state index contributed by atoms with van der Waals surface area (Å²) in [5.41, 5.74) is 6.90. The van der Waals surface area contributed by atoms with Crippen molar-refractivity contribution in [2.45, 2.75) is 13.0 Å². The summed E-state index contributed by atoms with van der Waals surface area (Å²) in [6.45, 7) is 2.03. The predicted molar refractivity (Wildman–Crippen MR) is 107 cm³/mol. The lowest BCUT2D eigenvalue weighted by molar-refractivity contribution is 0.100. The average Bonchev–Trinajstić information content (AvgIpc) is 2.72. The first kappa shape index (κ1) is 19.5. The number of aliphatic hydroxyl groups is 2. The highest BCUT2D eigenvalue weighted by molar-refractivity contribution is 5.67. The van der Waals surface area contributed by atoms with Crippen LogP contribution in [-0.4, -0.2) is 54.0 Å². The van der Waals surface area contributed by atoms with Crippen molar-refractivity contribution in [2.24, 2.45) is 4.99 Å². The summed E-state index contributed by atoms with van der Waals surface area (Å²) < 4.78 is 11.2. The molecule has 0 bridgehead atoms. The van der Waals surface area contributed by atoms with E-state index in [9.17, 15) is 0 Å². The lowest BCUT2D eigenvalue weighted by Gasteiger charge is -2.35. The third-order valence-electron chi connectivity index (χ3n) is 4.34. The molecule has 1 atom stereocenters. The number of ether oxygens (including phenoxy) is 2. The number of aliphatic hydroxyl groups excluding tert-OH is 2. The molecule has 28 heavy (non-hydrogen) atoms. The monoisotopic (exact) mass is 381 g/mol. The fourth-order valence-corrected chi connectivity index (χ4v) is 2.94. The van der Waals surface area contributed by atoms with E-state index in [1.54, 1.807) is 12.5 Å². The summed E-state index contributed by atoms with van der Waals surface area (Å²) in [4.78, 5) is 4.29. The highest BCUT2D eigenvalue weighted by Crippen LogP contribution is 2.30. The molecule has 1 aliphatic heterocycles. The Hall–Kier alpha value is -3.21. The van der Waals surface area contributed by atoms with E-state index in [1.807, 2.05) is 42.3 Å². The number of hydrogen-bond acceptors (Lipinski definition) is 7. The topological polar surface area (TPSA) is 86.6 Å². The molecule has 2 aliphatic rings. The standard InChI is InChI=1S/C21H23N3O4/c1-3-16-5-4-6-18(15(16)2)23-24-14-22-13-17-11-20(27-9-7-25)21(12-19(17)24)28-10-8-26/h1,4-6,11-14,19,23,25-26H,7-10H2,2H3. The van der Waals surface area contributed by atoms with E-state index in [4.69, 9.17) is 26.1 Å². The lowest BCUT2D eigenvalue weighted by atomic mass is 9.99. The fraction of sp³-hybridized carbons (Fsp3) is 0.286. The van der Waals surface area contributed by atoms with Crippen LogP contribution < -0.4 is 5.43 Å². The summed E-state index contributed by atoms with van der Waals surface area (Å²) in [5, 5.41) is 20.0. The second-order valence-corrected chi connectivity index (χ2v) is 6.16. The number of terminal acetylenes is 1. The van der Waals surface area contributed by atoms with Gasteiger partial charge in [-0.2, -0.15) is 0 Å². The molecule has 0 spiro atoms. The molecular weight excluding hydrogens is 358 g/mol. The maximum absolute atomic E-state index is 9.09. The van der Waals surface area contributed by atoms with Crippen molar-refractivity contribution >= 4 is 12.0 Å². The second-order valence-electron chi connectivity index (χ2n) is 6.16. The molecule has 1 aromatic rings. The second kappa shape index (κ2) is 9.13. The number of hydrazine groups is 1. The van der Waals surface area contributed by atoms with Crippen molar-refractivity contribution in [3.8, 4) is 12.3 Å². The van der Waals surface area contributed by atoms with Crippen LogP contribution in [0.1, 0.15) is 11.1 Å². The third-order valence-corrected chi connectivity index (χ3v) is 4.34. The Bertz CT molecular complexity index is 880. The van der Waals surface area contributed by atoms with Crippen LogP contribution in [-0.2, 0) is 9.47 Å². The molecule has 0 fully saturated rings. The number of aliphatic imine (C=N–C) groups is 1. The van der Waals surface area contributed by atoms with Crippen LogP contribution in [0.4, 0.5) is 5.69 Å². The lowest BCUT2D eigenvalue weighted by Crippen LogP contribution is -2.41.